The van der Waals surface area contributed by atoms with Gasteiger partial charge in [-0.2, -0.15) is 0 Å². The summed E-state index contributed by atoms with van der Waals surface area (Å²) in [5, 5.41) is 9.30. The molecule has 0 aromatic heterocycles. The second-order valence-electron chi connectivity index (χ2n) is 4.64. The molecule has 1 aromatic rings. The highest BCUT2D eigenvalue weighted by Crippen LogP contribution is 2.16. The van der Waals surface area contributed by atoms with Crippen LogP contribution in [0.25, 0.3) is 0 Å². The zero-order chi connectivity index (χ0) is 12.2. The number of aliphatic hydroxyl groups excluding tert-OH is 1. The molecule has 4 heteroatoms. The summed E-state index contributed by atoms with van der Waals surface area (Å²) in [5.74, 6) is 0. The van der Waals surface area contributed by atoms with Crippen LogP contribution < -0.4 is 4.72 Å². The lowest BCUT2D eigenvalue weighted by Gasteiger charge is -2.23. The molecule has 0 spiro atoms. The third-order valence-corrected chi connectivity index (χ3v) is 3.80. The number of aliphatic hydroxyl groups is 1. The number of hydrogen-bond acceptors (Lipinski definition) is 2. The summed E-state index contributed by atoms with van der Waals surface area (Å²) in [6.45, 7) is 5.63. The normalized spacial score (nSPS) is 15.8. The minimum atomic E-state index is -1.18. The molecule has 0 aliphatic heterocycles. The van der Waals surface area contributed by atoms with Crippen molar-refractivity contribution in [2.75, 3.05) is 6.61 Å². The molecule has 0 aliphatic carbocycles. The minimum absolute atomic E-state index is 0.0637. The molecule has 2 N–H and O–H groups in total. The maximum absolute atomic E-state index is 11.9. The molecular weight excluding hydrogens is 222 g/mol. The predicted molar refractivity (Wildman–Crippen MR) is 67.3 cm³/mol. The fraction of sp³-hybridized carbons (Fsp3) is 0.500. The summed E-state index contributed by atoms with van der Waals surface area (Å²) >= 11 is 0. The third-order valence-electron chi connectivity index (χ3n) is 2.19. The molecule has 3 nitrogen and oxygen atoms in total. The second kappa shape index (κ2) is 5.57. The van der Waals surface area contributed by atoms with Crippen LogP contribution in [-0.4, -0.2) is 20.7 Å². The number of benzene rings is 1. The molecule has 1 rings (SSSR count). The lowest BCUT2D eigenvalue weighted by molar-refractivity contribution is 0.260. The van der Waals surface area contributed by atoms with Gasteiger partial charge < -0.3 is 5.11 Å². The zero-order valence-electron chi connectivity index (χ0n) is 9.93. The van der Waals surface area contributed by atoms with E-state index in [4.69, 9.17) is 0 Å². The summed E-state index contributed by atoms with van der Waals surface area (Å²) in [6, 6.07) is 9.26. The van der Waals surface area contributed by atoms with Gasteiger partial charge in [-0.05, 0) is 26.3 Å². The standard InChI is InChI=1S/C12H19NO2S/c1-12(2,3)16(15)13-11(9-14)10-7-5-4-6-8-10/h4-8,11,13-14H,9H2,1-3H3. The molecule has 0 saturated carbocycles. The molecule has 0 heterocycles. The highest BCUT2D eigenvalue weighted by Gasteiger charge is 2.23. The first kappa shape index (κ1) is 13.4. The van der Waals surface area contributed by atoms with Crippen LogP contribution >= 0.6 is 0 Å². The largest absolute Gasteiger partial charge is 0.394 e. The topological polar surface area (TPSA) is 49.3 Å². The first-order valence-corrected chi connectivity index (χ1v) is 6.44. The maximum atomic E-state index is 11.9. The molecule has 0 radical (unpaired) electrons. The van der Waals surface area contributed by atoms with Crippen LogP contribution in [0.15, 0.2) is 30.3 Å². The van der Waals surface area contributed by atoms with Crippen molar-refractivity contribution in [3.63, 3.8) is 0 Å². The van der Waals surface area contributed by atoms with E-state index in [1.54, 1.807) is 0 Å². The van der Waals surface area contributed by atoms with Gasteiger partial charge in [-0.15, -0.1) is 0 Å². The van der Waals surface area contributed by atoms with Crippen LogP contribution in [0.2, 0.25) is 0 Å². The number of nitrogens with one attached hydrogen (secondary N) is 1. The molecular formula is C12H19NO2S. The summed E-state index contributed by atoms with van der Waals surface area (Å²) in [4.78, 5) is 0. The van der Waals surface area contributed by atoms with Crippen molar-refractivity contribution in [2.45, 2.75) is 31.6 Å². The molecule has 90 valence electrons. The SMILES string of the molecule is CC(C)(C)S(=O)NC(CO)c1ccccc1. The zero-order valence-corrected chi connectivity index (χ0v) is 10.8. The molecule has 0 fully saturated rings. The van der Waals surface area contributed by atoms with Crippen LogP contribution in [0.5, 0.6) is 0 Å². The van der Waals surface area contributed by atoms with E-state index in [9.17, 15) is 9.32 Å². The lowest BCUT2D eigenvalue weighted by atomic mass is 10.1. The number of hydrogen-bond donors (Lipinski definition) is 2. The lowest BCUT2D eigenvalue weighted by Crippen LogP contribution is -2.37. The Kier molecular flexibility index (Phi) is 4.65. The van der Waals surface area contributed by atoms with E-state index in [0.717, 1.165) is 5.56 Å². The van der Waals surface area contributed by atoms with E-state index in [2.05, 4.69) is 4.72 Å². The van der Waals surface area contributed by atoms with Gasteiger partial charge in [0.2, 0.25) is 0 Å². The summed E-state index contributed by atoms with van der Waals surface area (Å²) < 4.78 is 14.5. The first-order valence-electron chi connectivity index (χ1n) is 5.29. The molecule has 2 atom stereocenters. The molecule has 0 saturated heterocycles. The molecule has 0 bridgehead atoms. The molecule has 0 aliphatic rings. The van der Waals surface area contributed by atoms with Crippen LogP contribution in [0.3, 0.4) is 0 Å². The third kappa shape index (κ3) is 3.70. The van der Waals surface area contributed by atoms with E-state index in [-0.39, 0.29) is 17.4 Å². The van der Waals surface area contributed by atoms with Crippen molar-refractivity contribution < 1.29 is 9.32 Å². The van der Waals surface area contributed by atoms with E-state index in [0.29, 0.717) is 0 Å². The van der Waals surface area contributed by atoms with Gasteiger partial charge in [-0.3, -0.25) is 0 Å². The molecule has 1 aromatic carbocycles. The number of rotatable bonds is 4. The van der Waals surface area contributed by atoms with Crippen molar-refractivity contribution in [3.05, 3.63) is 35.9 Å². The van der Waals surface area contributed by atoms with Gasteiger partial charge in [0.05, 0.1) is 28.4 Å². The Morgan fingerprint density at radius 1 is 1.31 bits per heavy atom. The van der Waals surface area contributed by atoms with E-state index in [1.807, 2.05) is 51.1 Å². The van der Waals surface area contributed by atoms with Crippen LogP contribution in [0, 0.1) is 0 Å². The van der Waals surface area contributed by atoms with Crippen molar-refractivity contribution in [2.24, 2.45) is 0 Å². The highest BCUT2D eigenvalue weighted by atomic mass is 32.2. The minimum Gasteiger partial charge on any atom is -0.394 e. The molecule has 0 amide bonds. The van der Waals surface area contributed by atoms with Gasteiger partial charge in [0.1, 0.15) is 0 Å². The van der Waals surface area contributed by atoms with E-state index in [1.165, 1.54) is 0 Å². The fourth-order valence-corrected chi connectivity index (χ4v) is 2.02. The first-order chi connectivity index (χ1) is 7.45. The fourth-order valence-electron chi connectivity index (χ4n) is 1.20. The van der Waals surface area contributed by atoms with Gasteiger partial charge in [0, 0.05) is 0 Å². The molecule has 16 heavy (non-hydrogen) atoms. The van der Waals surface area contributed by atoms with Gasteiger partial charge in [0.25, 0.3) is 0 Å². The smallest absolute Gasteiger partial charge is 0.0976 e. The average molecular weight is 241 g/mol. The Bertz CT molecular complexity index is 346. The van der Waals surface area contributed by atoms with Crippen LogP contribution in [0.1, 0.15) is 32.4 Å². The van der Waals surface area contributed by atoms with Crippen LogP contribution in [0.4, 0.5) is 0 Å². The summed E-state index contributed by atoms with van der Waals surface area (Å²) in [7, 11) is -1.18. The van der Waals surface area contributed by atoms with Crippen molar-refractivity contribution >= 4 is 11.0 Å². The Hall–Kier alpha value is -0.710. The highest BCUT2D eigenvalue weighted by molar-refractivity contribution is 7.84. The second-order valence-corrected chi connectivity index (χ2v) is 6.64. The monoisotopic (exact) mass is 241 g/mol. The Morgan fingerprint density at radius 3 is 2.31 bits per heavy atom. The Balaban J connectivity index is 2.75. The van der Waals surface area contributed by atoms with Gasteiger partial charge in [-0.1, -0.05) is 30.3 Å². The van der Waals surface area contributed by atoms with Gasteiger partial charge >= 0.3 is 0 Å². The predicted octanol–water partition coefficient (Wildman–Crippen LogP) is 1.77. The summed E-state index contributed by atoms with van der Waals surface area (Å²) in [6.07, 6.45) is 0. The summed E-state index contributed by atoms with van der Waals surface area (Å²) in [5.41, 5.74) is 0.947. The maximum Gasteiger partial charge on any atom is 0.0976 e. The Labute approximate surface area is 99.5 Å². The Morgan fingerprint density at radius 2 is 1.88 bits per heavy atom. The van der Waals surface area contributed by atoms with Crippen molar-refractivity contribution in [3.8, 4) is 0 Å². The van der Waals surface area contributed by atoms with Crippen LogP contribution in [-0.2, 0) is 11.0 Å². The van der Waals surface area contributed by atoms with Gasteiger partial charge in [0.15, 0.2) is 0 Å². The average Bonchev–Trinajstić information content (AvgIpc) is 2.25. The van der Waals surface area contributed by atoms with Crippen molar-refractivity contribution in [1.82, 2.24) is 4.72 Å². The quantitative estimate of drug-likeness (QED) is 0.844. The van der Waals surface area contributed by atoms with E-state index >= 15 is 0 Å². The molecule has 2 unspecified atom stereocenters. The van der Waals surface area contributed by atoms with Crippen molar-refractivity contribution in [1.29, 1.82) is 0 Å². The van der Waals surface area contributed by atoms with E-state index < -0.39 is 11.0 Å². The van der Waals surface area contributed by atoms with Gasteiger partial charge in [-0.25, -0.2) is 8.93 Å².